The maximum absolute atomic E-state index is 11.1. The van der Waals surface area contributed by atoms with Crippen LogP contribution in [-0.2, 0) is 4.79 Å². The molecule has 1 fully saturated rings. The zero-order chi connectivity index (χ0) is 10.1. The molecular weight excluding hydrogens is 182 g/mol. The van der Waals surface area contributed by atoms with Crippen LogP contribution in [0.15, 0.2) is 30.3 Å². The van der Waals surface area contributed by atoms with Crippen LogP contribution in [0.3, 0.4) is 0 Å². The Morgan fingerprint density at radius 1 is 1.29 bits per heavy atom. The summed E-state index contributed by atoms with van der Waals surface area (Å²) in [6.45, 7) is -0.352. The average molecular weight is 193 g/mol. The highest BCUT2D eigenvalue weighted by Gasteiger charge is 2.46. The zero-order valence-electron chi connectivity index (χ0n) is 7.50. The second kappa shape index (κ2) is 3.40. The van der Waals surface area contributed by atoms with Crippen molar-refractivity contribution in [2.75, 3.05) is 6.73 Å². The third-order valence-electron chi connectivity index (χ3n) is 2.46. The van der Waals surface area contributed by atoms with Crippen LogP contribution in [0.4, 0.5) is 0 Å². The van der Waals surface area contributed by atoms with Gasteiger partial charge in [-0.3, -0.25) is 4.79 Å². The highest BCUT2D eigenvalue weighted by Crippen LogP contribution is 2.33. The van der Waals surface area contributed by atoms with Gasteiger partial charge in [0.25, 0.3) is 5.91 Å². The van der Waals surface area contributed by atoms with Crippen LogP contribution in [-0.4, -0.2) is 33.9 Å². The lowest BCUT2D eigenvalue weighted by molar-refractivity contribution is -0.175. The summed E-state index contributed by atoms with van der Waals surface area (Å²) in [7, 11) is 0. The predicted octanol–water partition coefficient (Wildman–Crippen LogP) is -0.119. The molecule has 1 aromatic carbocycles. The maximum atomic E-state index is 11.1. The zero-order valence-corrected chi connectivity index (χ0v) is 7.50. The van der Waals surface area contributed by atoms with Gasteiger partial charge in [0.05, 0.1) is 6.04 Å². The summed E-state index contributed by atoms with van der Waals surface area (Å²) in [5, 5.41) is 18.3. The van der Waals surface area contributed by atoms with Gasteiger partial charge >= 0.3 is 0 Å². The molecule has 1 heterocycles. The van der Waals surface area contributed by atoms with Crippen molar-refractivity contribution >= 4 is 5.91 Å². The van der Waals surface area contributed by atoms with Crippen LogP contribution < -0.4 is 0 Å². The molecule has 4 heteroatoms. The molecule has 0 aliphatic carbocycles. The maximum Gasteiger partial charge on any atom is 0.256 e. The number of benzene rings is 1. The molecule has 0 aromatic heterocycles. The van der Waals surface area contributed by atoms with Crippen LogP contribution in [0.2, 0.25) is 0 Å². The Morgan fingerprint density at radius 2 is 1.93 bits per heavy atom. The van der Waals surface area contributed by atoms with Crippen LogP contribution in [0, 0.1) is 0 Å². The number of amides is 1. The second-order valence-corrected chi connectivity index (χ2v) is 3.25. The van der Waals surface area contributed by atoms with Crippen molar-refractivity contribution in [1.82, 2.24) is 4.90 Å². The van der Waals surface area contributed by atoms with E-state index in [-0.39, 0.29) is 6.73 Å². The number of β-lactam (4-membered cyclic amide) rings is 1. The van der Waals surface area contributed by atoms with Crippen molar-refractivity contribution in [3.8, 4) is 0 Å². The molecule has 0 saturated carbocycles. The van der Waals surface area contributed by atoms with Crippen molar-refractivity contribution < 1.29 is 15.0 Å². The standard InChI is InChI=1S/C10H11NO3/c12-6-11-8(9(13)10(11)14)7-4-2-1-3-5-7/h1-5,8-9,12-13H,6H2/t8-,9+/m1/s1. The molecule has 1 saturated heterocycles. The lowest BCUT2D eigenvalue weighted by Crippen LogP contribution is -2.58. The normalized spacial score (nSPS) is 26.1. The van der Waals surface area contributed by atoms with Crippen molar-refractivity contribution in [2.24, 2.45) is 0 Å². The van der Waals surface area contributed by atoms with Gasteiger partial charge in [0.1, 0.15) is 6.73 Å². The molecule has 14 heavy (non-hydrogen) atoms. The average Bonchev–Trinajstić information content (AvgIpc) is 2.25. The van der Waals surface area contributed by atoms with E-state index >= 15 is 0 Å². The van der Waals surface area contributed by atoms with Gasteiger partial charge in [0.15, 0.2) is 6.10 Å². The van der Waals surface area contributed by atoms with E-state index in [1.54, 1.807) is 0 Å². The highest BCUT2D eigenvalue weighted by molar-refractivity contribution is 5.88. The van der Waals surface area contributed by atoms with E-state index < -0.39 is 18.1 Å². The Hall–Kier alpha value is -1.39. The number of aliphatic hydroxyl groups excluding tert-OH is 2. The fourth-order valence-electron chi connectivity index (χ4n) is 1.70. The number of hydrogen-bond acceptors (Lipinski definition) is 3. The van der Waals surface area contributed by atoms with Gasteiger partial charge in [0.2, 0.25) is 0 Å². The molecule has 0 unspecified atom stereocenters. The molecule has 1 aliphatic rings. The molecule has 74 valence electrons. The monoisotopic (exact) mass is 193 g/mol. The fourth-order valence-corrected chi connectivity index (χ4v) is 1.70. The van der Waals surface area contributed by atoms with Gasteiger partial charge in [-0.05, 0) is 5.56 Å². The summed E-state index contributed by atoms with van der Waals surface area (Å²) in [4.78, 5) is 12.3. The highest BCUT2D eigenvalue weighted by atomic mass is 16.3. The van der Waals surface area contributed by atoms with Crippen molar-refractivity contribution in [3.05, 3.63) is 35.9 Å². The minimum absolute atomic E-state index is 0.352. The largest absolute Gasteiger partial charge is 0.381 e. The van der Waals surface area contributed by atoms with Crippen molar-refractivity contribution in [3.63, 3.8) is 0 Å². The second-order valence-electron chi connectivity index (χ2n) is 3.25. The summed E-state index contributed by atoms with van der Waals surface area (Å²) >= 11 is 0. The van der Waals surface area contributed by atoms with Gasteiger partial charge < -0.3 is 15.1 Å². The first-order chi connectivity index (χ1) is 6.75. The summed E-state index contributed by atoms with van der Waals surface area (Å²) in [5.41, 5.74) is 0.841. The molecule has 2 rings (SSSR count). The third-order valence-corrected chi connectivity index (χ3v) is 2.46. The smallest absolute Gasteiger partial charge is 0.256 e. The van der Waals surface area contributed by atoms with Crippen LogP contribution in [0.25, 0.3) is 0 Å². The van der Waals surface area contributed by atoms with Crippen molar-refractivity contribution in [1.29, 1.82) is 0 Å². The molecule has 1 amide bonds. The van der Waals surface area contributed by atoms with E-state index in [1.807, 2.05) is 30.3 Å². The molecule has 2 atom stereocenters. The van der Waals surface area contributed by atoms with Crippen LogP contribution in [0.1, 0.15) is 11.6 Å². The molecule has 0 bridgehead atoms. The van der Waals surface area contributed by atoms with Crippen LogP contribution in [0.5, 0.6) is 0 Å². The van der Waals surface area contributed by atoms with E-state index in [0.717, 1.165) is 5.56 Å². The topological polar surface area (TPSA) is 60.8 Å². The molecular formula is C10H11NO3. The molecule has 1 aliphatic heterocycles. The van der Waals surface area contributed by atoms with Gasteiger partial charge in [-0.2, -0.15) is 0 Å². The molecule has 1 aromatic rings. The lowest BCUT2D eigenvalue weighted by atomic mass is 9.92. The first-order valence-corrected chi connectivity index (χ1v) is 4.40. The summed E-state index contributed by atoms with van der Waals surface area (Å²) in [5.74, 6) is -0.415. The predicted molar refractivity (Wildman–Crippen MR) is 49.1 cm³/mol. The first kappa shape index (κ1) is 9.18. The van der Waals surface area contributed by atoms with Crippen LogP contribution >= 0.6 is 0 Å². The fraction of sp³-hybridized carbons (Fsp3) is 0.300. The van der Waals surface area contributed by atoms with E-state index in [9.17, 15) is 9.90 Å². The quantitative estimate of drug-likeness (QED) is 0.644. The van der Waals surface area contributed by atoms with Gasteiger partial charge in [-0.15, -0.1) is 0 Å². The lowest BCUT2D eigenvalue weighted by Gasteiger charge is -2.43. The number of hydrogen-bond donors (Lipinski definition) is 2. The number of aliphatic hydroxyl groups is 2. The van der Waals surface area contributed by atoms with E-state index in [4.69, 9.17) is 5.11 Å². The summed E-state index contributed by atoms with van der Waals surface area (Å²) in [6, 6.07) is 8.78. The molecule has 2 N–H and O–H groups in total. The SMILES string of the molecule is O=C1[C@@H](O)[C@@H](c2ccccc2)N1CO. The Morgan fingerprint density at radius 3 is 2.50 bits per heavy atom. The Labute approximate surface area is 81.4 Å². The molecule has 4 nitrogen and oxygen atoms in total. The number of nitrogens with zero attached hydrogens (tertiary/aromatic N) is 1. The Bertz CT molecular complexity index is 338. The summed E-state index contributed by atoms with van der Waals surface area (Å²) in [6.07, 6.45) is -1.01. The minimum Gasteiger partial charge on any atom is -0.381 e. The third kappa shape index (κ3) is 1.20. The molecule has 0 spiro atoms. The van der Waals surface area contributed by atoms with Gasteiger partial charge in [-0.25, -0.2) is 0 Å². The Balaban J connectivity index is 2.23. The summed E-state index contributed by atoms with van der Waals surface area (Å²) < 4.78 is 0. The van der Waals surface area contributed by atoms with E-state index in [2.05, 4.69) is 0 Å². The van der Waals surface area contributed by atoms with Crippen molar-refractivity contribution in [2.45, 2.75) is 12.1 Å². The number of likely N-dealkylation sites (tertiary alicyclic amines) is 1. The molecule has 0 radical (unpaired) electrons. The van der Waals surface area contributed by atoms with E-state index in [0.29, 0.717) is 0 Å². The Kier molecular flexibility index (Phi) is 2.23. The van der Waals surface area contributed by atoms with Gasteiger partial charge in [-0.1, -0.05) is 30.3 Å². The first-order valence-electron chi connectivity index (χ1n) is 4.40. The number of carbonyl (C=O) groups is 1. The minimum atomic E-state index is -1.01. The number of rotatable bonds is 2. The number of carbonyl (C=O) groups excluding carboxylic acids is 1. The van der Waals surface area contributed by atoms with E-state index in [1.165, 1.54) is 4.90 Å². The van der Waals surface area contributed by atoms with Gasteiger partial charge in [0, 0.05) is 0 Å².